The number of fused-ring (bicyclic) bond motifs is 1. The number of nitrogens with zero attached hydrogens (tertiary/aromatic N) is 3. The number of carbonyl (C=O) groups excluding carboxylic acids is 2. The molecule has 1 heterocycles. The molecule has 7 nitrogen and oxygen atoms in total. The smallest absolute Gasteiger partial charge is 0.317 e. The van der Waals surface area contributed by atoms with E-state index < -0.39 is 5.56 Å². The average Bonchev–Trinajstić information content (AvgIpc) is 2.41. The van der Waals surface area contributed by atoms with Gasteiger partial charge in [0.05, 0.1) is 5.39 Å². The first-order chi connectivity index (χ1) is 8.67. The van der Waals surface area contributed by atoms with E-state index in [0.717, 1.165) is 0 Å². The summed E-state index contributed by atoms with van der Waals surface area (Å²) >= 11 is 0. The van der Waals surface area contributed by atoms with Gasteiger partial charge in [0.1, 0.15) is 5.52 Å². The van der Waals surface area contributed by atoms with E-state index in [9.17, 15) is 14.4 Å². The highest BCUT2D eigenvalue weighted by molar-refractivity contribution is 5.98. The molecule has 0 fully saturated rings. The van der Waals surface area contributed by atoms with Crippen molar-refractivity contribution in [1.82, 2.24) is 15.2 Å². The molecule has 2 rings (SSSR count). The zero-order chi connectivity index (χ0) is 13.1. The Morgan fingerprint density at radius 2 is 2.28 bits per heavy atom. The largest absolute Gasteiger partial charge is 0.323 e. The lowest BCUT2D eigenvalue weighted by molar-refractivity contribution is -0.131. The molecular weight excluding hydrogens is 238 g/mol. The molecule has 1 aromatic heterocycles. The molecule has 1 aromatic carbocycles. The molecule has 0 aliphatic carbocycles. The molecule has 0 saturated carbocycles. The fraction of sp³-hybridized carbons (Fsp3) is 0.182. The minimum absolute atomic E-state index is 0.0724. The summed E-state index contributed by atoms with van der Waals surface area (Å²) in [5.41, 5.74) is 0.101. The number of rotatable bonds is 4. The normalized spacial score (nSPS) is 10.3. The number of Topliss-reactive ketones (excluding diaryl/α,β-unsaturated/α-hetero) is 1. The standard InChI is InChI=1S/C11H9N3O4/c1-2-10(16)7-3-4-9-8(5-7)11(17)14(13-12-9)18-6-15/h3-6H,2H2,1H3. The molecule has 7 heteroatoms. The van der Waals surface area contributed by atoms with Crippen LogP contribution in [0.2, 0.25) is 0 Å². The third-order valence-electron chi connectivity index (χ3n) is 2.42. The van der Waals surface area contributed by atoms with Crippen LogP contribution in [0.5, 0.6) is 0 Å². The molecule has 92 valence electrons. The van der Waals surface area contributed by atoms with E-state index >= 15 is 0 Å². The molecular formula is C11H9N3O4. The van der Waals surface area contributed by atoms with Crippen LogP contribution in [-0.4, -0.2) is 27.4 Å². The number of hydrogen-bond acceptors (Lipinski definition) is 6. The first kappa shape index (κ1) is 11.9. The lowest BCUT2D eigenvalue weighted by Crippen LogP contribution is -2.29. The second-order valence-electron chi connectivity index (χ2n) is 3.48. The zero-order valence-corrected chi connectivity index (χ0v) is 9.49. The average molecular weight is 247 g/mol. The number of ketones is 1. The maximum absolute atomic E-state index is 11.8. The first-order valence-electron chi connectivity index (χ1n) is 5.21. The molecule has 0 spiro atoms. The van der Waals surface area contributed by atoms with Gasteiger partial charge in [0, 0.05) is 12.0 Å². The van der Waals surface area contributed by atoms with Crippen molar-refractivity contribution < 1.29 is 14.4 Å². The minimum Gasteiger partial charge on any atom is -0.317 e. The molecule has 0 N–H and O–H groups in total. The predicted molar refractivity (Wildman–Crippen MR) is 61.1 cm³/mol. The van der Waals surface area contributed by atoms with Crippen LogP contribution in [0.4, 0.5) is 0 Å². The van der Waals surface area contributed by atoms with Crippen LogP contribution >= 0.6 is 0 Å². The number of carbonyl (C=O) groups is 2. The summed E-state index contributed by atoms with van der Waals surface area (Å²) in [6.07, 6.45) is 0.336. The second kappa shape index (κ2) is 4.74. The zero-order valence-electron chi connectivity index (χ0n) is 9.49. The Hall–Kier alpha value is -2.57. The van der Waals surface area contributed by atoms with E-state index in [-0.39, 0.29) is 17.6 Å². The van der Waals surface area contributed by atoms with Gasteiger partial charge >= 0.3 is 12.0 Å². The third-order valence-corrected chi connectivity index (χ3v) is 2.42. The molecule has 0 atom stereocenters. The highest BCUT2D eigenvalue weighted by atomic mass is 16.7. The highest BCUT2D eigenvalue weighted by Gasteiger charge is 2.10. The lowest BCUT2D eigenvalue weighted by atomic mass is 10.1. The molecule has 0 unspecified atom stereocenters. The fourth-order valence-corrected chi connectivity index (χ4v) is 1.51. The Morgan fingerprint density at radius 1 is 1.50 bits per heavy atom. The molecule has 0 amide bonds. The summed E-state index contributed by atoms with van der Waals surface area (Å²) < 4.78 is 0. The van der Waals surface area contributed by atoms with E-state index in [0.29, 0.717) is 22.3 Å². The topological polar surface area (TPSA) is 91.2 Å². The molecule has 2 aromatic rings. The van der Waals surface area contributed by atoms with Gasteiger partial charge in [-0.05, 0) is 28.3 Å². The van der Waals surface area contributed by atoms with Gasteiger partial charge in [0.15, 0.2) is 5.78 Å². The second-order valence-corrected chi connectivity index (χ2v) is 3.48. The van der Waals surface area contributed by atoms with E-state index in [2.05, 4.69) is 15.1 Å². The van der Waals surface area contributed by atoms with Gasteiger partial charge in [0.2, 0.25) is 0 Å². The Bertz CT molecular complexity index is 678. The van der Waals surface area contributed by atoms with Crippen molar-refractivity contribution in [2.45, 2.75) is 13.3 Å². The van der Waals surface area contributed by atoms with Gasteiger partial charge < -0.3 is 4.84 Å². The van der Waals surface area contributed by atoms with E-state index in [1.807, 2.05) is 0 Å². The van der Waals surface area contributed by atoms with Crippen LogP contribution < -0.4 is 10.4 Å². The van der Waals surface area contributed by atoms with Crippen molar-refractivity contribution in [3.63, 3.8) is 0 Å². The molecule has 0 aliphatic rings. The van der Waals surface area contributed by atoms with Crippen LogP contribution in [0.1, 0.15) is 23.7 Å². The summed E-state index contributed by atoms with van der Waals surface area (Å²) in [6.45, 7) is 1.80. The van der Waals surface area contributed by atoms with Gasteiger partial charge in [-0.25, -0.2) is 0 Å². The third kappa shape index (κ3) is 1.97. The van der Waals surface area contributed by atoms with Crippen molar-refractivity contribution >= 4 is 23.2 Å². The van der Waals surface area contributed by atoms with Crippen LogP contribution in [-0.2, 0) is 4.79 Å². The maximum Gasteiger partial charge on any atom is 0.323 e. The number of benzene rings is 1. The summed E-state index contributed by atoms with van der Waals surface area (Å²) in [6, 6.07) is 4.52. The molecule has 18 heavy (non-hydrogen) atoms. The van der Waals surface area contributed by atoms with E-state index in [1.54, 1.807) is 13.0 Å². The van der Waals surface area contributed by atoms with Gasteiger partial charge in [-0.2, -0.15) is 0 Å². The Balaban J connectivity index is 2.66. The van der Waals surface area contributed by atoms with Gasteiger partial charge in [-0.15, -0.1) is 5.10 Å². The monoisotopic (exact) mass is 247 g/mol. The number of hydrogen-bond donors (Lipinski definition) is 0. The minimum atomic E-state index is -0.641. The summed E-state index contributed by atoms with van der Waals surface area (Å²) in [7, 11) is 0. The van der Waals surface area contributed by atoms with Crippen molar-refractivity contribution in [3.05, 3.63) is 34.1 Å². The maximum atomic E-state index is 11.8. The first-order valence-corrected chi connectivity index (χ1v) is 5.21. The highest BCUT2D eigenvalue weighted by Crippen LogP contribution is 2.10. The Morgan fingerprint density at radius 3 is 2.94 bits per heavy atom. The van der Waals surface area contributed by atoms with Gasteiger partial charge in [-0.3, -0.25) is 14.4 Å². The number of aromatic nitrogens is 3. The van der Waals surface area contributed by atoms with Gasteiger partial charge in [0.25, 0.3) is 0 Å². The van der Waals surface area contributed by atoms with E-state index in [1.165, 1.54) is 12.1 Å². The van der Waals surface area contributed by atoms with Crippen molar-refractivity contribution in [2.75, 3.05) is 0 Å². The lowest BCUT2D eigenvalue weighted by Gasteiger charge is -2.02. The van der Waals surface area contributed by atoms with Crippen LogP contribution in [0, 0.1) is 0 Å². The SMILES string of the molecule is CCC(=O)c1ccc2nnn(OC=O)c(=O)c2c1. The molecule has 0 radical (unpaired) electrons. The Kier molecular flexibility index (Phi) is 3.13. The van der Waals surface area contributed by atoms with Crippen molar-refractivity contribution in [1.29, 1.82) is 0 Å². The van der Waals surface area contributed by atoms with Crippen LogP contribution in [0.3, 0.4) is 0 Å². The van der Waals surface area contributed by atoms with Crippen molar-refractivity contribution in [2.24, 2.45) is 0 Å². The molecule has 0 bridgehead atoms. The molecule has 0 aliphatic heterocycles. The van der Waals surface area contributed by atoms with Crippen LogP contribution in [0.25, 0.3) is 10.9 Å². The van der Waals surface area contributed by atoms with E-state index in [4.69, 9.17) is 0 Å². The fourth-order valence-electron chi connectivity index (χ4n) is 1.51. The summed E-state index contributed by atoms with van der Waals surface area (Å²) in [5.74, 6) is -0.0871. The Labute approximate surface area is 101 Å². The molecule has 0 saturated heterocycles. The summed E-state index contributed by atoms with van der Waals surface area (Å²) in [4.78, 5) is 38.4. The summed E-state index contributed by atoms with van der Waals surface area (Å²) in [5, 5.41) is 7.28. The quantitative estimate of drug-likeness (QED) is 0.428. The predicted octanol–water partition coefficient (Wildman–Crippen LogP) is -0.0308. The van der Waals surface area contributed by atoms with Crippen molar-refractivity contribution in [3.8, 4) is 0 Å². The van der Waals surface area contributed by atoms with Gasteiger partial charge in [-0.1, -0.05) is 6.92 Å². The van der Waals surface area contributed by atoms with Crippen LogP contribution in [0.15, 0.2) is 23.0 Å².